The fourth-order valence-electron chi connectivity index (χ4n) is 2.06. The zero-order valence-electron chi connectivity index (χ0n) is 13.2. The summed E-state index contributed by atoms with van der Waals surface area (Å²) in [6, 6.07) is 1.80. The van der Waals surface area contributed by atoms with Gasteiger partial charge in [-0.3, -0.25) is 14.7 Å². The number of alkyl halides is 1. The topological polar surface area (TPSA) is 121 Å². The summed E-state index contributed by atoms with van der Waals surface area (Å²) < 4.78 is 0. The van der Waals surface area contributed by atoms with Crippen LogP contribution in [-0.4, -0.2) is 45.7 Å². The van der Waals surface area contributed by atoms with Crippen LogP contribution in [0.15, 0.2) is 17.4 Å². The number of amides is 2. The molecule has 2 amide bonds. The van der Waals surface area contributed by atoms with Gasteiger partial charge >= 0.3 is 0 Å². The van der Waals surface area contributed by atoms with Crippen molar-refractivity contribution < 1.29 is 14.4 Å². The second kappa shape index (κ2) is 7.62. The molecule has 2 aromatic heterocycles. The number of halogens is 1. The third-order valence-corrected chi connectivity index (χ3v) is 4.52. The summed E-state index contributed by atoms with van der Waals surface area (Å²) in [6.45, 7) is 0. The number of rotatable bonds is 7. The average Bonchev–Trinajstić information content (AvgIpc) is 3.18. The van der Waals surface area contributed by atoms with Gasteiger partial charge in [0.15, 0.2) is 16.7 Å². The van der Waals surface area contributed by atoms with Crippen LogP contribution in [0.5, 0.6) is 0 Å². The minimum Gasteiger partial charge on any atom is -0.398 e. The normalized spacial score (nSPS) is 14.2. The van der Waals surface area contributed by atoms with E-state index in [0.29, 0.717) is 21.7 Å². The molecule has 1 fully saturated rings. The SMILES string of the molecule is CO/N=C(\C(=O)Nc1cc(C2CC2)[nH]n1)c1cnc(NC(=O)CCl)s1. The number of nitrogens with one attached hydrogen (secondary N) is 3. The van der Waals surface area contributed by atoms with Crippen molar-refractivity contribution in [2.24, 2.45) is 5.16 Å². The molecule has 1 aliphatic rings. The molecule has 3 N–H and O–H groups in total. The molecule has 9 nitrogen and oxygen atoms in total. The number of carbonyl (C=O) groups excluding carboxylic acids is 2. The molecule has 0 aliphatic heterocycles. The first-order chi connectivity index (χ1) is 12.1. The minimum absolute atomic E-state index is 0.0299. The van der Waals surface area contributed by atoms with Gasteiger partial charge in [0, 0.05) is 23.9 Å². The molecule has 0 aromatic carbocycles. The lowest BCUT2D eigenvalue weighted by Crippen LogP contribution is -2.23. The molecular weight excluding hydrogens is 368 g/mol. The van der Waals surface area contributed by atoms with Crippen molar-refractivity contribution in [3.8, 4) is 0 Å². The highest BCUT2D eigenvalue weighted by Gasteiger charge is 2.26. The Morgan fingerprint density at radius 3 is 2.96 bits per heavy atom. The standard InChI is InChI=1S/C14H15ClN6O3S/c1-24-21-12(9-6-16-14(25-9)18-11(22)5-15)13(23)17-10-4-8(19-20-10)7-2-3-7/h4,6-7H,2-3,5H2,1H3,(H,16,18,22)(H2,17,19,20,23)/b21-12-. The summed E-state index contributed by atoms with van der Waals surface area (Å²) in [6.07, 6.45) is 3.68. The number of oxime groups is 1. The van der Waals surface area contributed by atoms with Gasteiger partial charge in [0.2, 0.25) is 5.91 Å². The van der Waals surface area contributed by atoms with E-state index in [4.69, 9.17) is 16.4 Å². The molecule has 3 rings (SSSR count). The number of anilines is 2. The van der Waals surface area contributed by atoms with E-state index in [2.05, 4.69) is 31.0 Å². The van der Waals surface area contributed by atoms with Crippen molar-refractivity contribution in [3.63, 3.8) is 0 Å². The van der Waals surface area contributed by atoms with Crippen molar-refractivity contribution in [2.75, 3.05) is 23.6 Å². The summed E-state index contributed by atoms with van der Waals surface area (Å²) in [5.41, 5.74) is 1.03. The third kappa shape index (κ3) is 4.34. The molecule has 0 unspecified atom stereocenters. The highest BCUT2D eigenvalue weighted by atomic mass is 35.5. The van der Waals surface area contributed by atoms with Gasteiger partial charge in [-0.15, -0.1) is 11.6 Å². The van der Waals surface area contributed by atoms with Crippen LogP contribution in [0, 0.1) is 0 Å². The van der Waals surface area contributed by atoms with Crippen LogP contribution in [0.2, 0.25) is 0 Å². The van der Waals surface area contributed by atoms with Gasteiger partial charge in [-0.1, -0.05) is 16.5 Å². The predicted molar refractivity (Wildman–Crippen MR) is 94.2 cm³/mol. The number of aromatic amines is 1. The molecule has 1 saturated carbocycles. The van der Waals surface area contributed by atoms with Gasteiger partial charge in [0.1, 0.15) is 13.0 Å². The number of carbonyl (C=O) groups is 2. The number of nitrogens with zero attached hydrogens (tertiary/aromatic N) is 3. The maximum absolute atomic E-state index is 12.5. The highest BCUT2D eigenvalue weighted by molar-refractivity contribution is 7.18. The molecule has 1 aliphatic carbocycles. The van der Waals surface area contributed by atoms with Crippen molar-refractivity contribution in [2.45, 2.75) is 18.8 Å². The number of aromatic nitrogens is 3. The van der Waals surface area contributed by atoms with Gasteiger partial charge in [-0.2, -0.15) is 5.10 Å². The van der Waals surface area contributed by atoms with Crippen molar-refractivity contribution in [3.05, 3.63) is 22.8 Å². The lowest BCUT2D eigenvalue weighted by atomic mass is 10.3. The quantitative estimate of drug-likeness (QED) is 0.383. The van der Waals surface area contributed by atoms with Gasteiger partial charge in [0.05, 0.1) is 4.88 Å². The summed E-state index contributed by atoms with van der Waals surface area (Å²) >= 11 is 6.52. The van der Waals surface area contributed by atoms with E-state index in [1.165, 1.54) is 13.3 Å². The van der Waals surface area contributed by atoms with Crippen LogP contribution < -0.4 is 10.6 Å². The largest absolute Gasteiger partial charge is 0.398 e. The van der Waals surface area contributed by atoms with E-state index < -0.39 is 5.91 Å². The lowest BCUT2D eigenvalue weighted by molar-refractivity contribution is -0.114. The van der Waals surface area contributed by atoms with Crippen LogP contribution in [0.3, 0.4) is 0 Å². The summed E-state index contributed by atoms with van der Waals surface area (Å²) in [7, 11) is 1.34. The van der Waals surface area contributed by atoms with Gasteiger partial charge in [0.25, 0.3) is 5.91 Å². The van der Waals surface area contributed by atoms with E-state index in [9.17, 15) is 9.59 Å². The lowest BCUT2D eigenvalue weighted by Gasteiger charge is -2.02. The molecule has 0 radical (unpaired) electrons. The van der Waals surface area contributed by atoms with Crippen LogP contribution in [0.1, 0.15) is 29.3 Å². The maximum Gasteiger partial charge on any atom is 0.280 e. The Hall–Kier alpha value is -2.46. The molecule has 2 aromatic rings. The average molecular weight is 383 g/mol. The van der Waals surface area contributed by atoms with E-state index in [1.807, 2.05) is 0 Å². The minimum atomic E-state index is -0.491. The molecule has 0 atom stereocenters. The number of hydrogen-bond acceptors (Lipinski definition) is 7. The Bertz CT molecular complexity index is 813. The molecule has 0 saturated heterocycles. The summed E-state index contributed by atoms with van der Waals surface area (Å²) in [5, 5.41) is 16.2. The van der Waals surface area contributed by atoms with Crippen LogP contribution in [0.25, 0.3) is 0 Å². The highest BCUT2D eigenvalue weighted by Crippen LogP contribution is 2.39. The summed E-state index contributed by atoms with van der Waals surface area (Å²) in [5.74, 6) is -0.150. The third-order valence-electron chi connectivity index (χ3n) is 3.36. The van der Waals surface area contributed by atoms with Gasteiger partial charge < -0.3 is 15.5 Å². The first kappa shape index (κ1) is 17.4. The molecule has 2 heterocycles. The molecule has 132 valence electrons. The predicted octanol–water partition coefficient (Wildman–Crippen LogP) is 1.91. The van der Waals surface area contributed by atoms with Crippen LogP contribution in [-0.2, 0) is 14.4 Å². The number of hydrogen-bond donors (Lipinski definition) is 3. The van der Waals surface area contributed by atoms with Crippen molar-refractivity contribution in [1.29, 1.82) is 0 Å². The molecule has 0 bridgehead atoms. The number of H-pyrrole nitrogens is 1. The van der Waals surface area contributed by atoms with E-state index in [1.54, 1.807) is 6.07 Å². The van der Waals surface area contributed by atoms with E-state index >= 15 is 0 Å². The van der Waals surface area contributed by atoms with Gasteiger partial charge in [-0.25, -0.2) is 4.98 Å². The Labute approximate surface area is 151 Å². The second-order valence-electron chi connectivity index (χ2n) is 5.27. The Kier molecular flexibility index (Phi) is 5.29. The zero-order valence-corrected chi connectivity index (χ0v) is 14.8. The first-order valence-electron chi connectivity index (χ1n) is 7.40. The Balaban J connectivity index is 1.72. The summed E-state index contributed by atoms with van der Waals surface area (Å²) in [4.78, 5) is 33.0. The molecule has 25 heavy (non-hydrogen) atoms. The Morgan fingerprint density at radius 1 is 1.48 bits per heavy atom. The first-order valence-corrected chi connectivity index (χ1v) is 8.75. The van der Waals surface area contributed by atoms with Gasteiger partial charge in [-0.05, 0) is 12.8 Å². The molecular formula is C14H15ClN6O3S. The molecule has 0 spiro atoms. The zero-order chi connectivity index (χ0) is 17.8. The second-order valence-corrected chi connectivity index (χ2v) is 6.57. The van der Waals surface area contributed by atoms with Crippen LogP contribution >= 0.6 is 22.9 Å². The van der Waals surface area contributed by atoms with E-state index in [-0.39, 0.29) is 17.5 Å². The maximum atomic E-state index is 12.5. The van der Waals surface area contributed by atoms with Crippen molar-refractivity contribution >= 4 is 51.4 Å². The van der Waals surface area contributed by atoms with Crippen molar-refractivity contribution in [1.82, 2.24) is 15.2 Å². The van der Waals surface area contributed by atoms with E-state index in [0.717, 1.165) is 29.9 Å². The molecule has 11 heteroatoms. The van der Waals surface area contributed by atoms with Crippen LogP contribution in [0.4, 0.5) is 10.9 Å². The Morgan fingerprint density at radius 2 is 2.28 bits per heavy atom. The monoisotopic (exact) mass is 382 g/mol. The number of thiazole rings is 1. The smallest absolute Gasteiger partial charge is 0.280 e. The fraction of sp³-hybridized carbons (Fsp3) is 0.357. The fourth-order valence-corrected chi connectivity index (χ4v) is 2.94.